The van der Waals surface area contributed by atoms with Gasteiger partial charge in [0.25, 0.3) is 5.91 Å². The topological polar surface area (TPSA) is 102 Å². The van der Waals surface area contributed by atoms with E-state index in [1.807, 2.05) is 31.2 Å². The van der Waals surface area contributed by atoms with Gasteiger partial charge in [0.15, 0.2) is 0 Å². The summed E-state index contributed by atoms with van der Waals surface area (Å²) in [5.74, 6) is -1.65. The van der Waals surface area contributed by atoms with Crippen molar-refractivity contribution in [2.45, 2.75) is 6.92 Å². The number of carboxylic acids is 1. The van der Waals surface area contributed by atoms with E-state index in [2.05, 4.69) is 26.6 Å². The minimum atomic E-state index is -1.05. The molecular formula is C18H14BrN3O3. The van der Waals surface area contributed by atoms with Crippen molar-refractivity contribution >= 4 is 39.2 Å². The first-order valence-corrected chi connectivity index (χ1v) is 7.97. The van der Waals surface area contributed by atoms with Crippen LogP contribution in [-0.2, 0) is 4.79 Å². The minimum Gasteiger partial charge on any atom is -0.478 e. The van der Waals surface area contributed by atoms with E-state index in [0.29, 0.717) is 5.69 Å². The van der Waals surface area contributed by atoms with Gasteiger partial charge in [0, 0.05) is 16.4 Å². The van der Waals surface area contributed by atoms with Gasteiger partial charge in [-0.3, -0.25) is 4.79 Å². The Morgan fingerprint density at radius 2 is 1.88 bits per heavy atom. The number of carbonyl (C=O) groups is 2. The highest BCUT2D eigenvalue weighted by Crippen LogP contribution is 2.23. The smallest absolute Gasteiger partial charge is 0.335 e. The van der Waals surface area contributed by atoms with Crippen LogP contribution in [0.2, 0.25) is 0 Å². The standard InChI is InChI=1S/C18H14BrN3O3/c1-11-2-7-16(15(19)8-11)21-10-13(9-20)17(23)22-14-5-3-12(4-6-14)18(24)25/h2-8,10,21H,1H3,(H,22,23)(H,24,25)/b13-10-. The first-order valence-electron chi connectivity index (χ1n) is 7.18. The van der Waals surface area contributed by atoms with Gasteiger partial charge in [0.1, 0.15) is 11.6 Å². The molecule has 0 aliphatic carbocycles. The summed E-state index contributed by atoms with van der Waals surface area (Å²) in [6.45, 7) is 1.95. The van der Waals surface area contributed by atoms with Crippen molar-refractivity contribution in [3.63, 3.8) is 0 Å². The summed E-state index contributed by atoms with van der Waals surface area (Å²) in [6, 6.07) is 13.1. The summed E-state index contributed by atoms with van der Waals surface area (Å²) in [5, 5.41) is 23.5. The molecule has 0 fully saturated rings. The van der Waals surface area contributed by atoms with Crippen molar-refractivity contribution in [3.8, 4) is 6.07 Å². The molecule has 0 spiro atoms. The van der Waals surface area contributed by atoms with Gasteiger partial charge in [-0.05, 0) is 64.8 Å². The van der Waals surface area contributed by atoms with E-state index < -0.39 is 11.9 Å². The summed E-state index contributed by atoms with van der Waals surface area (Å²) in [4.78, 5) is 23.0. The molecule has 0 heterocycles. The Hall–Kier alpha value is -3.11. The maximum absolute atomic E-state index is 12.2. The average Bonchev–Trinajstić information content (AvgIpc) is 2.57. The molecular weight excluding hydrogens is 386 g/mol. The molecule has 3 N–H and O–H groups in total. The number of nitriles is 1. The highest BCUT2D eigenvalue weighted by Gasteiger charge is 2.10. The molecule has 0 atom stereocenters. The minimum absolute atomic E-state index is 0.111. The highest BCUT2D eigenvalue weighted by molar-refractivity contribution is 9.10. The first kappa shape index (κ1) is 18.2. The lowest BCUT2D eigenvalue weighted by Crippen LogP contribution is -2.14. The number of benzene rings is 2. The fourth-order valence-corrected chi connectivity index (χ4v) is 2.54. The average molecular weight is 400 g/mol. The quantitative estimate of drug-likeness (QED) is 0.522. The van der Waals surface area contributed by atoms with E-state index in [4.69, 9.17) is 5.11 Å². The third-order valence-corrected chi connectivity index (χ3v) is 3.91. The van der Waals surface area contributed by atoms with Crippen molar-refractivity contribution < 1.29 is 14.7 Å². The third-order valence-electron chi connectivity index (χ3n) is 3.25. The Morgan fingerprint density at radius 3 is 2.44 bits per heavy atom. The van der Waals surface area contributed by atoms with Gasteiger partial charge in [-0.2, -0.15) is 5.26 Å². The number of rotatable bonds is 5. The van der Waals surface area contributed by atoms with Crippen LogP contribution in [0.1, 0.15) is 15.9 Å². The van der Waals surface area contributed by atoms with Crippen LogP contribution in [0, 0.1) is 18.3 Å². The van der Waals surface area contributed by atoms with Crippen LogP contribution in [-0.4, -0.2) is 17.0 Å². The lowest BCUT2D eigenvalue weighted by Gasteiger charge is -2.07. The molecule has 0 saturated carbocycles. The largest absolute Gasteiger partial charge is 0.478 e. The molecule has 0 unspecified atom stereocenters. The molecule has 25 heavy (non-hydrogen) atoms. The molecule has 2 rings (SSSR count). The lowest BCUT2D eigenvalue weighted by molar-refractivity contribution is -0.112. The van der Waals surface area contributed by atoms with Crippen LogP contribution >= 0.6 is 15.9 Å². The number of halogens is 1. The lowest BCUT2D eigenvalue weighted by atomic mass is 10.2. The van der Waals surface area contributed by atoms with Crippen LogP contribution in [0.15, 0.2) is 58.7 Å². The van der Waals surface area contributed by atoms with Crippen molar-refractivity contribution in [1.82, 2.24) is 0 Å². The summed E-state index contributed by atoms with van der Waals surface area (Å²) in [7, 11) is 0. The molecule has 126 valence electrons. The van der Waals surface area contributed by atoms with Gasteiger partial charge in [0.2, 0.25) is 0 Å². The van der Waals surface area contributed by atoms with Crippen LogP contribution in [0.4, 0.5) is 11.4 Å². The van der Waals surface area contributed by atoms with Crippen molar-refractivity contribution in [1.29, 1.82) is 5.26 Å². The van der Waals surface area contributed by atoms with Gasteiger partial charge in [-0.25, -0.2) is 4.79 Å². The maximum atomic E-state index is 12.2. The molecule has 0 aliphatic heterocycles. The van der Waals surface area contributed by atoms with E-state index in [9.17, 15) is 14.9 Å². The predicted molar refractivity (Wildman–Crippen MR) is 98.2 cm³/mol. The summed E-state index contributed by atoms with van der Waals surface area (Å²) in [5.41, 5.74) is 2.18. The van der Waals surface area contributed by atoms with Crippen LogP contribution < -0.4 is 10.6 Å². The third kappa shape index (κ3) is 4.93. The molecule has 0 radical (unpaired) electrons. The van der Waals surface area contributed by atoms with Gasteiger partial charge in [-0.1, -0.05) is 6.07 Å². The summed E-state index contributed by atoms with van der Waals surface area (Å²) >= 11 is 3.41. The number of carbonyl (C=O) groups excluding carboxylic acids is 1. The van der Waals surface area contributed by atoms with E-state index in [-0.39, 0.29) is 11.1 Å². The molecule has 7 heteroatoms. The van der Waals surface area contributed by atoms with Crippen LogP contribution in [0.3, 0.4) is 0 Å². The molecule has 6 nitrogen and oxygen atoms in total. The number of hydrogen-bond donors (Lipinski definition) is 3. The molecule has 0 saturated heterocycles. The van der Waals surface area contributed by atoms with Gasteiger partial charge in [0.05, 0.1) is 11.3 Å². The Balaban J connectivity index is 2.09. The van der Waals surface area contributed by atoms with E-state index in [0.717, 1.165) is 15.7 Å². The molecule has 0 aromatic heterocycles. The van der Waals surface area contributed by atoms with Crippen LogP contribution in [0.25, 0.3) is 0 Å². The Bertz CT molecular complexity index is 883. The SMILES string of the molecule is Cc1ccc(N/C=C(/C#N)C(=O)Nc2ccc(C(=O)O)cc2)c(Br)c1. The van der Waals surface area contributed by atoms with Crippen molar-refractivity contribution in [3.05, 3.63) is 69.8 Å². The normalized spacial score (nSPS) is 10.7. The predicted octanol–water partition coefficient (Wildman–Crippen LogP) is 3.91. The number of hydrogen-bond acceptors (Lipinski definition) is 4. The molecule has 2 aromatic rings. The Labute approximate surface area is 152 Å². The molecule has 0 bridgehead atoms. The molecule has 0 aliphatic rings. The first-order chi connectivity index (χ1) is 11.9. The van der Waals surface area contributed by atoms with E-state index in [1.54, 1.807) is 0 Å². The molecule has 2 aromatic carbocycles. The zero-order valence-corrected chi connectivity index (χ0v) is 14.8. The summed E-state index contributed by atoms with van der Waals surface area (Å²) < 4.78 is 0.811. The zero-order valence-electron chi connectivity index (χ0n) is 13.2. The second kappa shape index (κ2) is 8.13. The van der Waals surface area contributed by atoms with Gasteiger partial charge < -0.3 is 15.7 Å². The number of amides is 1. The van der Waals surface area contributed by atoms with Gasteiger partial charge >= 0.3 is 5.97 Å². The number of aryl methyl sites for hydroxylation is 1. The maximum Gasteiger partial charge on any atom is 0.335 e. The Morgan fingerprint density at radius 1 is 1.20 bits per heavy atom. The number of nitrogens with zero attached hydrogens (tertiary/aromatic N) is 1. The number of nitrogens with one attached hydrogen (secondary N) is 2. The van der Waals surface area contributed by atoms with E-state index in [1.165, 1.54) is 30.5 Å². The van der Waals surface area contributed by atoms with Gasteiger partial charge in [-0.15, -0.1) is 0 Å². The summed E-state index contributed by atoms with van der Waals surface area (Å²) in [6.07, 6.45) is 1.32. The van der Waals surface area contributed by atoms with Crippen LogP contribution in [0.5, 0.6) is 0 Å². The highest BCUT2D eigenvalue weighted by atomic mass is 79.9. The fraction of sp³-hybridized carbons (Fsp3) is 0.0556. The second-order valence-electron chi connectivity index (χ2n) is 5.13. The monoisotopic (exact) mass is 399 g/mol. The Kier molecular flexibility index (Phi) is 5.93. The fourth-order valence-electron chi connectivity index (χ4n) is 1.93. The number of carboxylic acid groups (broad SMARTS) is 1. The van der Waals surface area contributed by atoms with Crippen molar-refractivity contribution in [2.75, 3.05) is 10.6 Å². The number of anilines is 2. The van der Waals surface area contributed by atoms with Crippen molar-refractivity contribution in [2.24, 2.45) is 0 Å². The second-order valence-corrected chi connectivity index (χ2v) is 5.99. The number of aromatic carboxylic acids is 1. The zero-order chi connectivity index (χ0) is 18.4. The molecule has 1 amide bonds. The van der Waals surface area contributed by atoms with E-state index >= 15 is 0 Å².